The smallest absolute Gasteiger partial charge is 0.256 e. The van der Waals surface area contributed by atoms with Crippen LogP contribution in [0.5, 0.6) is 5.75 Å². The van der Waals surface area contributed by atoms with Gasteiger partial charge in [-0.1, -0.05) is 12.1 Å². The fourth-order valence-corrected chi connectivity index (χ4v) is 3.49. The van der Waals surface area contributed by atoms with E-state index in [2.05, 4.69) is 15.4 Å². The van der Waals surface area contributed by atoms with E-state index >= 15 is 0 Å². The summed E-state index contributed by atoms with van der Waals surface area (Å²) in [6.45, 7) is 2.00. The maximum atomic E-state index is 12.5. The number of methoxy groups -OCH3 is 1. The number of aromatic nitrogens is 3. The first-order valence-electron chi connectivity index (χ1n) is 9.19. The van der Waals surface area contributed by atoms with Gasteiger partial charge in [-0.15, -0.1) is 9.19 Å². The molecule has 0 aliphatic rings. The van der Waals surface area contributed by atoms with Gasteiger partial charge in [0.15, 0.2) is 5.82 Å². The number of benzene rings is 2. The highest BCUT2D eigenvalue weighted by Gasteiger charge is 2.21. The van der Waals surface area contributed by atoms with Gasteiger partial charge in [-0.05, 0) is 48.9 Å². The highest BCUT2D eigenvalue weighted by atomic mass is 32.2. The van der Waals surface area contributed by atoms with E-state index in [9.17, 15) is 8.42 Å². The summed E-state index contributed by atoms with van der Waals surface area (Å²) in [4.78, 5) is 6.44. The summed E-state index contributed by atoms with van der Waals surface area (Å²) in [6, 6.07) is 15.1. The van der Waals surface area contributed by atoms with E-state index in [1.165, 1.54) is 0 Å². The Labute approximate surface area is 171 Å². The van der Waals surface area contributed by atoms with Gasteiger partial charge in [0.1, 0.15) is 5.75 Å². The van der Waals surface area contributed by atoms with Crippen molar-refractivity contribution in [1.82, 2.24) is 14.2 Å². The summed E-state index contributed by atoms with van der Waals surface area (Å²) in [7, 11) is 1.94. The van der Waals surface area contributed by atoms with Gasteiger partial charge in [0, 0.05) is 31.9 Å². The van der Waals surface area contributed by atoms with Gasteiger partial charge in [0.2, 0.25) is 5.95 Å². The largest absolute Gasteiger partial charge is 0.497 e. The molecule has 0 aliphatic carbocycles. The zero-order valence-electron chi connectivity index (χ0n) is 17.0. The van der Waals surface area contributed by atoms with Gasteiger partial charge in [0.25, 0.3) is 10.0 Å². The van der Waals surface area contributed by atoms with Gasteiger partial charge < -0.3 is 15.0 Å². The van der Waals surface area contributed by atoms with Crippen molar-refractivity contribution in [2.45, 2.75) is 13.5 Å². The first-order valence-corrected chi connectivity index (χ1v) is 10.8. The van der Waals surface area contributed by atoms with E-state index in [0.717, 1.165) is 15.3 Å². The highest BCUT2D eigenvalue weighted by Crippen LogP contribution is 2.22. The number of anilines is 2. The average molecular weight is 416 g/mol. The average Bonchev–Trinajstić information content (AvgIpc) is 3.18. The van der Waals surface area contributed by atoms with E-state index in [-0.39, 0.29) is 11.7 Å². The van der Waals surface area contributed by atoms with Crippen molar-refractivity contribution in [1.29, 1.82) is 0 Å². The number of hydrogen-bond acceptors (Lipinski definition) is 7. The molecule has 0 spiro atoms. The summed E-state index contributed by atoms with van der Waals surface area (Å²) in [5.41, 5.74) is 2.80. The van der Waals surface area contributed by atoms with Crippen molar-refractivity contribution in [2.24, 2.45) is 0 Å². The fraction of sp³-hybridized carbons (Fsp3) is 0.300. The standard InChI is InChI=1S/C20H25N5O3S/c1-5-29(26,27)25-20(21-14-15-6-10-17(11-7-15)24(2)3)22-19(23-25)16-8-12-18(28-4)13-9-16/h6-13H,5,14H2,1-4H3,(H,21,22,23). The van der Waals surface area contributed by atoms with Crippen LogP contribution in [0.1, 0.15) is 12.5 Å². The van der Waals surface area contributed by atoms with Crippen molar-refractivity contribution in [3.63, 3.8) is 0 Å². The molecule has 0 aliphatic heterocycles. The molecule has 0 bridgehead atoms. The molecule has 2 aromatic carbocycles. The molecule has 9 heteroatoms. The molecule has 1 heterocycles. The van der Waals surface area contributed by atoms with Crippen LogP contribution in [0.15, 0.2) is 48.5 Å². The van der Waals surface area contributed by atoms with Gasteiger partial charge in [-0.25, -0.2) is 8.42 Å². The molecule has 154 valence electrons. The molecule has 3 rings (SSSR count). The van der Waals surface area contributed by atoms with E-state index in [1.54, 1.807) is 38.3 Å². The summed E-state index contributed by atoms with van der Waals surface area (Å²) in [5.74, 6) is 1.14. The Kier molecular flexibility index (Phi) is 6.07. The van der Waals surface area contributed by atoms with Crippen LogP contribution in [0.25, 0.3) is 11.4 Å². The molecule has 1 aromatic heterocycles. The molecular formula is C20H25N5O3S. The van der Waals surface area contributed by atoms with Crippen molar-refractivity contribution in [3.05, 3.63) is 54.1 Å². The molecule has 0 saturated heterocycles. The SMILES string of the molecule is CCS(=O)(=O)n1nc(-c2ccc(OC)cc2)nc1NCc1ccc(N(C)C)cc1. The number of rotatable bonds is 8. The monoisotopic (exact) mass is 415 g/mol. The Morgan fingerprint density at radius 3 is 2.28 bits per heavy atom. The molecule has 1 N–H and O–H groups in total. The molecule has 0 amide bonds. The first kappa shape index (κ1) is 20.7. The topological polar surface area (TPSA) is 89.3 Å². The third-order valence-corrected chi connectivity index (χ3v) is 5.97. The summed E-state index contributed by atoms with van der Waals surface area (Å²) in [5, 5.41) is 7.34. The second kappa shape index (κ2) is 8.52. The number of hydrogen-bond donors (Lipinski definition) is 1. The highest BCUT2D eigenvalue weighted by molar-refractivity contribution is 7.89. The van der Waals surface area contributed by atoms with Crippen LogP contribution >= 0.6 is 0 Å². The van der Waals surface area contributed by atoms with Crippen molar-refractivity contribution < 1.29 is 13.2 Å². The van der Waals surface area contributed by atoms with Crippen LogP contribution in [0.2, 0.25) is 0 Å². The Morgan fingerprint density at radius 1 is 1.07 bits per heavy atom. The number of nitrogens with zero attached hydrogens (tertiary/aromatic N) is 4. The minimum Gasteiger partial charge on any atom is -0.497 e. The molecule has 3 aromatic rings. The second-order valence-electron chi connectivity index (χ2n) is 6.65. The van der Waals surface area contributed by atoms with Crippen molar-refractivity contribution in [3.8, 4) is 17.1 Å². The Balaban J connectivity index is 1.88. The molecule has 0 saturated carbocycles. The summed E-state index contributed by atoms with van der Waals surface area (Å²) < 4.78 is 31.1. The Bertz CT molecular complexity index is 1060. The van der Waals surface area contributed by atoms with Gasteiger partial charge in [-0.3, -0.25) is 0 Å². The second-order valence-corrected chi connectivity index (χ2v) is 8.73. The van der Waals surface area contributed by atoms with Crippen LogP contribution in [-0.2, 0) is 16.6 Å². The minimum atomic E-state index is -3.60. The Hall–Kier alpha value is -3.07. The zero-order valence-corrected chi connectivity index (χ0v) is 17.8. The van der Waals surface area contributed by atoms with Gasteiger partial charge in [-0.2, -0.15) is 4.98 Å². The van der Waals surface area contributed by atoms with Crippen LogP contribution in [-0.4, -0.2) is 49.5 Å². The van der Waals surface area contributed by atoms with Gasteiger partial charge >= 0.3 is 0 Å². The zero-order chi connectivity index (χ0) is 21.0. The molecule has 29 heavy (non-hydrogen) atoms. The van der Waals surface area contributed by atoms with Crippen molar-refractivity contribution in [2.75, 3.05) is 37.2 Å². The van der Waals surface area contributed by atoms with Crippen LogP contribution in [0.3, 0.4) is 0 Å². The lowest BCUT2D eigenvalue weighted by molar-refractivity contribution is 0.415. The summed E-state index contributed by atoms with van der Waals surface area (Å²) in [6.07, 6.45) is 0. The maximum Gasteiger partial charge on any atom is 0.256 e. The van der Waals surface area contributed by atoms with E-state index in [0.29, 0.717) is 23.7 Å². The Morgan fingerprint density at radius 2 is 1.72 bits per heavy atom. The van der Waals surface area contributed by atoms with E-state index in [1.807, 2.05) is 43.3 Å². The summed E-state index contributed by atoms with van der Waals surface area (Å²) >= 11 is 0. The molecule has 0 unspecified atom stereocenters. The molecule has 0 radical (unpaired) electrons. The molecular weight excluding hydrogens is 390 g/mol. The van der Waals surface area contributed by atoms with E-state index in [4.69, 9.17) is 4.74 Å². The number of nitrogens with one attached hydrogen (secondary N) is 1. The van der Waals surface area contributed by atoms with Crippen LogP contribution in [0.4, 0.5) is 11.6 Å². The maximum absolute atomic E-state index is 12.5. The fourth-order valence-electron chi connectivity index (χ4n) is 2.68. The molecule has 0 atom stereocenters. The first-order chi connectivity index (χ1) is 13.8. The van der Waals surface area contributed by atoms with E-state index < -0.39 is 10.0 Å². The quantitative estimate of drug-likeness (QED) is 0.605. The minimum absolute atomic E-state index is 0.0787. The lowest BCUT2D eigenvalue weighted by atomic mass is 10.2. The lowest BCUT2D eigenvalue weighted by Gasteiger charge is -2.13. The predicted molar refractivity (Wildman–Crippen MR) is 115 cm³/mol. The third-order valence-electron chi connectivity index (χ3n) is 4.46. The normalized spacial score (nSPS) is 11.3. The third kappa shape index (κ3) is 4.68. The lowest BCUT2D eigenvalue weighted by Crippen LogP contribution is -2.19. The number of ether oxygens (including phenoxy) is 1. The predicted octanol–water partition coefficient (Wildman–Crippen LogP) is 2.83. The van der Waals surface area contributed by atoms with Crippen molar-refractivity contribution >= 4 is 21.7 Å². The van der Waals surface area contributed by atoms with Gasteiger partial charge in [0.05, 0.1) is 12.9 Å². The molecule has 8 nitrogen and oxygen atoms in total. The van der Waals surface area contributed by atoms with Crippen LogP contribution < -0.4 is 15.0 Å². The molecule has 0 fully saturated rings. The van der Waals surface area contributed by atoms with Crippen LogP contribution in [0, 0.1) is 0 Å².